The molecule has 3 nitrogen and oxygen atoms in total. The fraction of sp³-hybridized carbons (Fsp3) is 0.727. The van der Waals surface area contributed by atoms with Crippen molar-refractivity contribution < 1.29 is 13.2 Å². The van der Waals surface area contributed by atoms with Gasteiger partial charge in [-0.15, -0.1) is 0 Å². The van der Waals surface area contributed by atoms with Crippen molar-refractivity contribution in [2.75, 3.05) is 6.54 Å². The van der Waals surface area contributed by atoms with E-state index in [1.807, 2.05) is 6.92 Å². The van der Waals surface area contributed by atoms with Gasteiger partial charge in [-0.3, -0.25) is 0 Å². The first kappa shape index (κ1) is 14.0. The second-order valence-corrected chi connectivity index (χ2v) is 4.12. The lowest BCUT2D eigenvalue weighted by Crippen LogP contribution is -2.24. The first-order valence-corrected chi connectivity index (χ1v) is 5.70. The van der Waals surface area contributed by atoms with Crippen molar-refractivity contribution in [3.8, 4) is 0 Å². The number of nitrogens with one attached hydrogen (secondary N) is 1. The molecule has 0 radical (unpaired) electrons. The SMILES string of the molecule is CCCNC(CCC(F)(F)F)c1cn(C)cn1. The molecular weight excluding hydrogens is 231 g/mol. The molecule has 1 atom stereocenters. The van der Waals surface area contributed by atoms with E-state index in [0.29, 0.717) is 12.2 Å². The second-order valence-electron chi connectivity index (χ2n) is 4.12. The van der Waals surface area contributed by atoms with Crippen molar-refractivity contribution in [2.45, 2.75) is 38.4 Å². The van der Waals surface area contributed by atoms with Crippen molar-refractivity contribution >= 4 is 0 Å². The van der Waals surface area contributed by atoms with Crippen LogP contribution in [-0.4, -0.2) is 22.3 Å². The third-order valence-electron chi connectivity index (χ3n) is 2.44. The maximum absolute atomic E-state index is 12.2. The molecule has 1 aromatic heterocycles. The minimum absolute atomic E-state index is 0.0283. The van der Waals surface area contributed by atoms with Crippen LogP contribution in [0.3, 0.4) is 0 Å². The van der Waals surface area contributed by atoms with Crippen LogP contribution in [0.15, 0.2) is 12.5 Å². The summed E-state index contributed by atoms with van der Waals surface area (Å²) in [7, 11) is 1.80. The van der Waals surface area contributed by atoms with E-state index < -0.39 is 12.6 Å². The Kier molecular flexibility index (Phi) is 4.99. The van der Waals surface area contributed by atoms with Gasteiger partial charge in [0, 0.05) is 19.7 Å². The van der Waals surface area contributed by atoms with Crippen LogP contribution in [0, 0.1) is 0 Å². The highest BCUT2D eigenvalue weighted by molar-refractivity contribution is 5.03. The summed E-state index contributed by atoms with van der Waals surface area (Å²) in [6.07, 6.45) is -0.630. The number of halogens is 3. The molecule has 0 fully saturated rings. The van der Waals surface area contributed by atoms with E-state index in [1.54, 1.807) is 24.1 Å². The summed E-state index contributed by atoms with van der Waals surface area (Å²) in [5.41, 5.74) is 0.671. The molecule has 0 aliphatic rings. The van der Waals surface area contributed by atoms with E-state index >= 15 is 0 Å². The molecule has 0 aromatic carbocycles. The molecule has 0 aliphatic heterocycles. The van der Waals surface area contributed by atoms with Gasteiger partial charge >= 0.3 is 6.18 Å². The van der Waals surface area contributed by atoms with Gasteiger partial charge in [-0.1, -0.05) is 6.92 Å². The van der Waals surface area contributed by atoms with Crippen molar-refractivity contribution in [1.29, 1.82) is 0 Å². The van der Waals surface area contributed by atoms with Gasteiger partial charge in [-0.2, -0.15) is 13.2 Å². The summed E-state index contributed by atoms with van der Waals surface area (Å²) in [5.74, 6) is 0. The van der Waals surface area contributed by atoms with Crippen LogP contribution in [0.2, 0.25) is 0 Å². The molecule has 1 unspecified atom stereocenters. The fourth-order valence-electron chi connectivity index (χ4n) is 1.59. The summed E-state index contributed by atoms with van der Waals surface area (Å²) in [6, 6.07) is -0.322. The Morgan fingerprint density at radius 3 is 2.65 bits per heavy atom. The minimum Gasteiger partial charge on any atom is -0.340 e. The molecule has 0 spiro atoms. The summed E-state index contributed by atoms with van der Waals surface area (Å²) in [6.45, 7) is 2.67. The molecule has 98 valence electrons. The molecule has 1 N–H and O–H groups in total. The third-order valence-corrected chi connectivity index (χ3v) is 2.44. The number of aryl methyl sites for hydroxylation is 1. The van der Waals surface area contributed by atoms with Gasteiger partial charge in [-0.25, -0.2) is 4.98 Å². The van der Waals surface area contributed by atoms with Gasteiger partial charge in [0.1, 0.15) is 0 Å². The quantitative estimate of drug-likeness (QED) is 0.840. The Labute approximate surface area is 99.0 Å². The van der Waals surface area contributed by atoms with Crippen LogP contribution in [0.5, 0.6) is 0 Å². The van der Waals surface area contributed by atoms with Crippen LogP contribution in [0.1, 0.15) is 37.9 Å². The molecule has 1 aromatic rings. The van der Waals surface area contributed by atoms with E-state index in [0.717, 1.165) is 6.42 Å². The largest absolute Gasteiger partial charge is 0.389 e. The number of nitrogens with zero attached hydrogens (tertiary/aromatic N) is 2. The van der Waals surface area contributed by atoms with E-state index in [2.05, 4.69) is 10.3 Å². The first-order valence-electron chi connectivity index (χ1n) is 5.70. The predicted octanol–water partition coefficient (Wildman–Crippen LogP) is 2.80. The molecule has 6 heteroatoms. The van der Waals surface area contributed by atoms with Crippen LogP contribution in [-0.2, 0) is 7.05 Å². The Hall–Kier alpha value is -1.04. The molecule has 0 saturated heterocycles. The average molecular weight is 249 g/mol. The molecule has 17 heavy (non-hydrogen) atoms. The Morgan fingerprint density at radius 1 is 1.47 bits per heavy atom. The van der Waals surface area contributed by atoms with Crippen molar-refractivity contribution in [3.63, 3.8) is 0 Å². The maximum Gasteiger partial charge on any atom is 0.389 e. The predicted molar refractivity (Wildman–Crippen MR) is 59.5 cm³/mol. The molecule has 0 bridgehead atoms. The van der Waals surface area contributed by atoms with Crippen molar-refractivity contribution in [3.05, 3.63) is 18.2 Å². The summed E-state index contributed by atoms with van der Waals surface area (Å²) >= 11 is 0. The Balaban J connectivity index is 2.60. The van der Waals surface area contributed by atoms with Crippen LogP contribution in [0.25, 0.3) is 0 Å². The monoisotopic (exact) mass is 249 g/mol. The van der Waals surface area contributed by atoms with E-state index in [-0.39, 0.29) is 12.5 Å². The van der Waals surface area contributed by atoms with E-state index in [4.69, 9.17) is 0 Å². The van der Waals surface area contributed by atoms with Gasteiger partial charge in [0.05, 0.1) is 18.1 Å². The Morgan fingerprint density at radius 2 is 2.18 bits per heavy atom. The third kappa shape index (κ3) is 5.21. The number of rotatable bonds is 6. The van der Waals surface area contributed by atoms with Gasteiger partial charge in [0.15, 0.2) is 0 Å². The summed E-state index contributed by atoms with van der Waals surface area (Å²) in [4.78, 5) is 4.10. The number of imidazole rings is 1. The average Bonchev–Trinajstić information content (AvgIpc) is 2.63. The lowest BCUT2D eigenvalue weighted by molar-refractivity contribution is -0.136. The van der Waals surface area contributed by atoms with Gasteiger partial charge in [0.25, 0.3) is 0 Å². The van der Waals surface area contributed by atoms with Crippen LogP contribution < -0.4 is 5.32 Å². The zero-order valence-electron chi connectivity index (χ0n) is 10.1. The van der Waals surface area contributed by atoms with Gasteiger partial charge in [-0.05, 0) is 19.4 Å². The molecule has 0 aliphatic carbocycles. The topological polar surface area (TPSA) is 29.9 Å². The highest BCUT2D eigenvalue weighted by Gasteiger charge is 2.29. The molecule has 1 heterocycles. The lowest BCUT2D eigenvalue weighted by atomic mass is 10.1. The number of hydrogen-bond acceptors (Lipinski definition) is 2. The number of alkyl halides is 3. The van der Waals surface area contributed by atoms with Gasteiger partial charge < -0.3 is 9.88 Å². The fourth-order valence-corrected chi connectivity index (χ4v) is 1.59. The Bertz CT molecular complexity index is 333. The highest BCUT2D eigenvalue weighted by atomic mass is 19.4. The number of hydrogen-bond donors (Lipinski definition) is 1. The van der Waals surface area contributed by atoms with E-state index in [9.17, 15) is 13.2 Å². The normalized spacial score (nSPS) is 13.9. The zero-order valence-corrected chi connectivity index (χ0v) is 10.1. The van der Waals surface area contributed by atoms with Crippen molar-refractivity contribution in [1.82, 2.24) is 14.9 Å². The lowest BCUT2D eigenvalue weighted by Gasteiger charge is -2.17. The molecular formula is C11H18F3N3. The summed E-state index contributed by atoms with van der Waals surface area (Å²) < 4.78 is 38.4. The van der Waals surface area contributed by atoms with Crippen molar-refractivity contribution in [2.24, 2.45) is 7.05 Å². The van der Waals surface area contributed by atoms with Gasteiger partial charge in [0.2, 0.25) is 0 Å². The van der Waals surface area contributed by atoms with Crippen LogP contribution in [0.4, 0.5) is 13.2 Å². The number of aromatic nitrogens is 2. The summed E-state index contributed by atoms with van der Waals surface area (Å²) in [5, 5.41) is 3.10. The standard InChI is InChI=1S/C11H18F3N3/c1-3-6-15-9(4-5-11(12,13)14)10-7-17(2)8-16-10/h7-9,15H,3-6H2,1-2H3. The molecule has 0 amide bonds. The highest BCUT2D eigenvalue weighted by Crippen LogP contribution is 2.26. The van der Waals surface area contributed by atoms with E-state index in [1.165, 1.54) is 0 Å². The smallest absolute Gasteiger partial charge is 0.340 e. The first-order chi connectivity index (χ1) is 7.92. The zero-order chi connectivity index (χ0) is 12.9. The molecule has 0 saturated carbocycles. The van der Waals surface area contributed by atoms with Crippen LogP contribution >= 0.6 is 0 Å². The minimum atomic E-state index is -4.11. The second kappa shape index (κ2) is 6.05. The molecule has 1 rings (SSSR count). The maximum atomic E-state index is 12.2.